The molecule has 3 aromatic rings. The molecule has 0 atom stereocenters. The zero-order chi connectivity index (χ0) is 16.2. The summed E-state index contributed by atoms with van der Waals surface area (Å²) in [5.41, 5.74) is 3.97. The highest BCUT2D eigenvalue weighted by Crippen LogP contribution is 2.21. The number of halogens is 1. The summed E-state index contributed by atoms with van der Waals surface area (Å²) in [7, 11) is 0. The van der Waals surface area contributed by atoms with Gasteiger partial charge in [-0.05, 0) is 55.3 Å². The van der Waals surface area contributed by atoms with Gasteiger partial charge in [0, 0.05) is 17.4 Å². The molecule has 5 heteroatoms. The summed E-state index contributed by atoms with van der Waals surface area (Å²) in [6, 6.07) is 14.2. The van der Waals surface area contributed by atoms with Crippen LogP contribution < -0.4 is 10.6 Å². The van der Waals surface area contributed by atoms with E-state index in [1.54, 1.807) is 18.2 Å². The van der Waals surface area contributed by atoms with Crippen LogP contribution >= 0.6 is 0 Å². The molecule has 1 heterocycles. The Kier molecular flexibility index (Phi) is 4.19. The summed E-state index contributed by atoms with van der Waals surface area (Å²) in [6.45, 7) is 4.10. The number of aromatic nitrogens is 2. The largest absolute Gasteiger partial charge is 0.340 e. The Morgan fingerprint density at radius 1 is 0.783 bits per heavy atom. The van der Waals surface area contributed by atoms with Crippen molar-refractivity contribution in [3.63, 3.8) is 0 Å². The maximum Gasteiger partial charge on any atom is 0.135 e. The number of aryl methyl sites for hydroxylation is 2. The number of anilines is 4. The second-order valence-corrected chi connectivity index (χ2v) is 5.43. The van der Waals surface area contributed by atoms with Crippen LogP contribution in [0.25, 0.3) is 0 Å². The summed E-state index contributed by atoms with van der Waals surface area (Å²) >= 11 is 0. The zero-order valence-corrected chi connectivity index (χ0v) is 13.0. The Bertz CT molecular complexity index is 813. The average molecular weight is 308 g/mol. The molecule has 23 heavy (non-hydrogen) atoms. The van der Waals surface area contributed by atoms with Gasteiger partial charge in [-0.2, -0.15) is 0 Å². The third-order valence-corrected chi connectivity index (χ3v) is 3.26. The second kappa shape index (κ2) is 6.44. The van der Waals surface area contributed by atoms with Gasteiger partial charge in [0.05, 0.1) is 0 Å². The van der Waals surface area contributed by atoms with Crippen molar-refractivity contribution in [2.24, 2.45) is 0 Å². The Morgan fingerprint density at radius 2 is 1.43 bits per heavy atom. The molecule has 2 aromatic carbocycles. The van der Waals surface area contributed by atoms with Gasteiger partial charge in [-0.25, -0.2) is 14.4 Å². The molecule has 0 amide bonds. The Morgan fingerprint density at radius 3 is 2.09 bits per heavy atom. The second-order valence-electron chi connectivity index (χ2n) is 5.43. The van der Waals surface area contributed by atoms with Crippen molar-refractivity contribution in [1.82, 2.24) is 9.97 Å². The molecular formula is C18H17FN4. The number of hydrogen-bond acceptors (Lipinski definition) is 4. The minimum Gasteiger partial charge on any atom is -0.340 e. The molecule has 1 aromatic heterocycles. The van der Waals surface area contributed by atoms with Crippen molar-refractivity contribution in [1.29, 1.82) is 0 Å². The smallest absolute Gasteiger partial charge is 0.135 e. The topological polar surface area (TPSA) is 49.8 Å². The molecule has 0 aliphatic rings. The first kappa shape index (κ1) is 15.0. The van der Waals surface area contributed by atoms with Gasteiger partial charge in [-0.3, -0.25) is 0 Å². The molecule has 4 nitrogen and oxygen atoms in total. The molecule has 0 fully saturated rings. The SMILES string of the molecule is Cc1cc(C)cc(Nc2cc(Nc3cccc(F)c3)ncn2)c1. The number of benzene rings is 2. The van der Waals surface area contributed by atoms with E-state index in [1.165, 1.54) is 29.6 Å². The van der Waals surface area contributed by atoms with Crippen LogP contribution in [0.5, 0.6) is 0 Å². The van der Waals surface area contributed by atoms with Crippen LogP contribution in [0.2, 0.25) is 0 Å². The van der Waals surface area contributed by atoms with Crippen LogP contribution in [0.3, 0.4) is 0 Å². The molecule has 0 spiro atoms. The quantitative estimate of drug-likeness (QED) is 0.732. The zero-order valence-electron chi connectivity index (χ0n) is 13.0. The third kappa shape index (κ3) is 4.03. The number of nitrogens with one attached hydrogen (secondary N) is 2. The first-order valence-electron chi connectivity index (χ1n) is 7.28. The van der Waals surface area contributed by atoms with Gasteiger partial charge in [0.2, 0.25) is 0 Å². The summed E-state index contributed by atoms with van der Waals surface area (Å²) in [5.74, 6) is 0.971. The fourth-order valence-electron chi connectivity index (χ4n) is 2.40. The highest BCUT2D eigenvalue weighted by molar-refractivity contribution is 5.63. The van der Waals surface area contributed by atoms with E-state index in [0.717, 1.165) is 5.69 Å². The van der Waals surface area contributed by atoms with Gasteiger partial charge < -0.3 is 10.6 Å². The predicted molar refractivity (Wildman–Crippen MR) is 90.9 cm³/mol. The van der Waals surface area contributed by atoms with E-state index in [4.69, 9.17) is 0 Å². The molecule has 0 unspecified atom stereocenters. The Hall–Kier alpha value is -2.95. The van der Waals surface area contributed by atoms with Crippen LogP contribution in [0.4, 0.5) is 27.4 Å². The maximum absolute atomic E-state index is 13.2. The Labute approximate surface area is 134 Å². The standard InChI is InChI=1S/C18H17FN4/c1-12-6-13(2)8-16(7-12)23-18-10-17(20-11-21-18)22-15-5-3-4-14(19)9-15/h3-11H,1-2H3,(H2,20,21,22,23). The van der Waals surface area contributed by atoms with Crippen LogP contribution in [0.15, 0.2) is 54.9 Å². The van der Waals surface area contributed by atoms with Crippen molar-refractivity contribution >= 4 is 23.0 Å². The van der Waals surface area contributed by atoms with E-state index < -0.39 is 0 Å². The fourth-order valence-corrected chi connectivity index (χ4v) is 2.40. The van der Waals surface area contributed by atoms with Crippen molar-refractivity contribution in [3.05, 3.63) is 71.8 Å². The molecular weight excluding hydrogens is 291 g/mol. The van der Waals surface area contributed by atoms with Crippen molar-refractivity contribution < 1.29 is 4.39 Å². The van der Waals surface area contributed by atoms with Crippen molar-refractivity contribution in [2.45, 2.75) is 13.8 Å². The van der Waals surface area contributed by atoms with Gasteiger partial charge in [-0.15, -0.1) is 0 Å². The van der Waals surface area contributed by atoms with Crippen LogP contribution in [0.1, 0.15) is 11.1 Å². The highest BCUT2D eigenvalue weighted by Gasteiger charge is 2.02. The van der Waals surface area contributed by atoms with Gasteiger partial charge in [-0.1, -0.05) is 12.1 Å². The average Bonchev–Trinajstić information content (AvgIpc) is 2.46. The lowest BCUT2D eigenvalue weighted by molar-refractivity contribution is 0.628. The molecule has 3 rings (SSSR count). The molecule has 2 N–H and O–H groups in total. The predicted octanol–water partition coefficient (Wildman–Crippen LogP) is 4.72. The van der Waals surface area contributed by atoms with Crippen LogP contribution in [0, 0.1) is 19.7 Å². The monoisotopic (exact) mass is 308 g/mol. The van der Waals surface area contributed by atoms with Crippen LogP contribution in [-0.4, -0.2) is 9.97 Å². The normalized spacial score (nSPS) is 10.4. The highest BCUT2D eigenvalue weighted by atomic mass is 19.1. The lowest BCUT2D eigenvalue weighted by Crippen LogP contribution is -1.99. The van der Waals surface area contributed by atoms with E-state index in [0.29, 0.717) is 17.3 Å². The summed E-state index contributed by atoms with van der Waals surface area (Å²) in [4.78, 5) is 8.37. The molecule has 0 bridgehead atoms. The van der Waals surface area contributed by atoms with Gasteiger partial charge in [0.25, 0.3) is 0 Å². The van der Waals surface area contributed by atoms with E-state index in [2.05, 4.69) is 52.6 Å². The summed E-state index contributed by atoms with van der Waals surface area (Å²) in [5, 5.41) is 6.32. The fraction of sp³-hybridized carbons (Fsp3) is 0.111. The lowest BCUT2D eigenvalue weighted by Gasteiger charge is -2.10. The first-order chi connectivity index (χ1) is 11.1. The van der Waals surface area contributed by atoms with E-state index in [1.807, 2.05) is 0 Å². The Balaban J connectivity index is 1.79. The van der Waals surface area contributed by atoms with E-state index >= 15 is 0 Å². The third-order valence-electron chi connectivity index (χ3n) is 3.26. The van der Waals surface area contributed by atoms with Crippen molar-refractivity contribution in [3.8, 4) is 0 Å². The summed E-state index contributed by atoms with van der Waals surface area (Å²) in [6.07, 6.45) is 1.46. The van der Waals surface area contributed by atoms with E-state index in [9.17, 15) is 4.39 Å². The molecule has 0 saturated heterocycles. The van der Waals surface area contributed by atoms with Crippen molar-refractivity contribution in [2.75, 3.05) is 10.6 Å². The minimum absolute atomic E-state index is 0.294. The maximum atomic E-state index is 13.2. The van der Waals surface area contributed by atoms with Gasteiger partial charge >= 0.3 is 0 Å². The number of rotatable bonds is 4. The van der Waals surface area contributed by atoms with Crippen LogP contribution in [-0.2, 0) is 0 Å². The molecule has 0 aliphatic heterocycles. The minimum atomic E-state index is -0.294. The molecule has 0 radical (unpaired) electrons. The van der Waals surface area contributed by atoms with Gasteiger partial charge in [0.1, 0.15) is 23.8 Å². The molecule has 116 valence electrons. The first-order valence-corrected chi connectivity index (χ1v) is 7.28. The van der Waals surface area contributed by atoms with Gasteiger partial charge in [0.15, 0.2) is 0 Å². The molecule has 0 aliphatic carbocycles. The number of nitrogens with zero attached hydrogens (tertiary/aromatic N) is 2. The molecule has 0 saturated carbocycles. The summed E-state index contributed by atoms with van der Waals surface area (Å²) < 4.78 is 13.2. The lowest BCUT2D eigenvalue weighted by atomic mass is 10.1. The van der Waals surface area contributed by atoms with E-state index in [-0.39, 0.29) is 5.82 Å². The number of hydrogen-bond donors (Lipinski definition) is 2.